The lowest BCUT2D eigenvalue weighted by Crippen LogP contribution is -2.43. The highest BCUT2D eigenvalue weighted by Gasteiger charge is 2.62. The summed E-state index contributed by atoms with van der Waals surface area (Å²) in [5, 5.41) is 29.0. The lowest BCUT2D eigenvalue weighted by atomic mass is 9.57. The molecule has 1 N–H and O–H groups in total. The lowest BCUT2D eigenvalue weighted by Gasteiger charge is -2.44. The SMILES string of the molecule is COc1cccc(C2C3=CCC4C(=O)N(c5ccc(N=Nc6ccc(N(C)C)cc6)cc5)C(=O)C4C3CC3C(=O)N(c4ccc(N=Nc5ccc(N(C)C)cc5)cc4)C(=O)C32)c1O. The number of imide groups is 2. The molecule has 9 rings (SSSR count). The van der Waals surface area contributed by atoms with Gasteiger partial charge in [0.2, 0.25) is 23.6 Å². The Hall–Kier alpha value is -7.48. The second-order valence-electron chi connectivity index (χ2n) is 16.7. The van der Waals surface area contributed by atoms with Crippen LogP contribution >= 0.6 is 0 Å². The van der Waals surface area contributed by atoms with Crippen LogP contribution < -0.4 is 24.3 Å². The van der Waals surface area contributed by atoms with Crippen molar-refractivity contribution in [2.75, 3.05) is 54.9 Å². The fourth-order valence-electron chi connectivity index (χ4n) is 9.60. The molecule has 318 valence electrons. The van der Waals surface area contributed by atoms with Crippen LogP contribution in [0.15, 0.2) is 147 Å². The molecule has 5 aromatic rings. The Bertz CT molecular complexity index is 2690. The molecule has 0 aromatic heterocycles. The Morgan fingerprint density at radius 2 is 1.00 bits per heavy atom. The first-order valence-corrected chi connectivity index (χ1v) is 20.8. The van der Waals surface area contributed by atoms with Crippen LogP contribution in [0.5, 0.6) is 11.5 Å². The highest BCUT2D eigenvalue weighted by atomic mass is 16.5. The van der Waals surface area contributed by atoms with E-state index in [1.807, 2.05) is 92.6 Å². The van der Waals surface area contributed by atoms with Crippen molar-refractivity contribution in [3.05, 3.63) is 132 Å². The summed E-state index contributed by atoms with van der Waals surface area (Å²) in [6.07, 6.45) is 2.39. The third-order valence-electron chi connectivity index (χ3n) is 12.7. The van der Waals surface area contributed by atoms with Crippen molar-refractivity contribution in [1.82, 2.24) is 0 Å². The van der Waals surface area contributed by atoms with E-state index in [1.54, 1.807) is 66.7 Å². The van der Waals surface area contributed by atoms with Gasteiger partial charge in [0.05, 0.1) is 64.9 Å². The molecule has 2 aliphatic carbocycles. The van der Waals surface area contributed by atoms with Gasteiger partial charge in [0.25, 0.3) is 0 Å². The van der Waals surface area contributed by atoms with Crippen molar-refractivity contribution in [1.29, 1.82) is 0 Å². The summed E-state index contributed by atoms with van der Waals surface area (Å²) in [6.45, 7) is 0. The van der Waals surface area contributed by atoms with E-state index in [1.165, 1.54) is 16.9 Å². The molecule has 14 heteroatoms. The van der Waals surface area contributed by atoms with E-state index >= 15 is 0 Å². The highest BCUT2D eigenvalue weighted by molar-refractivity contribution is 6.24. The summed E-state index contributed by atoms with van der Waals surface area (Å²) in [7, 11) is 9.29. The maximum absolute atomic E-state index is 14.7. The Labute approximate surface area is 364 Å². The van der Waals surface area contributed by atoms with Crippen LogP contribution in [0, 0.1) is 29.6 Å². The molecule has 2 saturated heterocycles. The first-order chi connectivity index (χ1) is 30.4. The molecule has 63 heavy (non-hydrogen) atoms. The third-order valence-corrected chi connectivity index (χ3v) is 12.7. The van der Waals surface area contributed by atoms with Gasteiger partial charge in [0.1, 0.15) is 0 Å². The van der Waals surface area contributed by atoms with Crippen molar-refractivity contribution in [2.24, 2.45) is 50.0 Å². The fraction of sp³-hybridized carbons (Fsp3) is 0.265. The molecule has 0 spiro atoms. The maximum Gasteiger partial charge on any atom is 0.238 e. The van der Waals surface area contributed by atoms with Gasteiger partial charge < -0.3 is 19.6 Å². The summed E-state index contributed by atoms with van der Waals surface area (Å²) in [6, 6.07) is 33.9. The Balaban J connectivity index is 0.997. The van der Waals surface area contributed by atoms with E-state index in [4.69, 9.17) is 4.74 Å². The minimum absolute atomic E-state index is 0.143. The van der Waals surface area contributed by atoms with Crippen molar-refractivity contribution >= 4 is 69.1 Å². The van der Waals surface area contributed by atoms with Gasteiger partial charge in [-0.25, -0.2) is 0 Å². The number of allylic oxidation sites excluding steroid dienone is 2. The predicted octanol–water partition coefficient (Wildman–Crippen LogP) is 9.41. The average molecular weight is 843 g/mol. The van der Waals surface area contributed by atoms with Crippen molar-refractivity contribution in [2.45, 2.75) is 18.8 Å². The largest absolute Gasteiger partial charge is 0.504 e. The second kappa shape index (κ2) is 16.4. The molecular weight excluding hydrogens is 797 g/mol. The van der Waals surface area contributed by atoms with Gasteiger partial charge in [-0.05, 0) is 122 Å². The zero-order valence-electron chi connectivity index (χ0n) is 35.5. The number of rotatable bonds is 10. The minimum Gasteiger partial charge on any atom is -0.504 e. The summed E-state index contributed by atoms with van der Waals surface area (Å²) >= 11 is 0. The number of carbonyl (C=O) groups is 4. The molecule has 6 unspecified atom stereocenters. The zero-order valence-corrected chi connectivity index (χ0v) is 35.5. The molecule has 5 aromatic carbocycles. The monoisotopic (exact) mass is 842 g/mol. The first-order valence-electron chi connectivity index (χ1n) is 20.8. The van der Waals surface area contributed by atoms with E-state index < -0.39 is 47.3 Å². The number of fused-ring (bicyclic) bond motifs is 4. The van der Waals surface area contributed by atoms with Crippen LogP contribution in [0.25, 0.3) is 0 Å². The quantitative estimate of drug-likeness (QED) is 0.0827. The van der Waals surface area contributed by atoms with Gasteiger partial charge in [-0.15, -0.1) is 0 Å². The maximum atomic E-state index is 14.7. The van der Waals surface area contributed by atoms with Gasteiger partial charge in [0.15, 0.2) is 11.5 Å². The molecule has 2 heterocycles. The number of phenolic OH excluding ortho intramolecular Hbond substituents is 1. The van der Waals surface area contributed by atoms with Gasteiger partial charge >= 0.3 is 0 Å². The first kappa shape index (κ1) is 40.9. The van der Waals surface area contributed by atoms with E-state index in [0.717, 1.165) is 16.9 Å². The fourth-order valence-corrected chi connectivity index (χ4v) is 9.60. The number of para-hydroxylation sites is 1. The molecule has 3 fully saturated rings. The number of ether oxygens (including phenoxy) is 1. The van der Waals surface area contributed by atoms with Gasteiger partial charge in [0, 0.05) is 51.0 Å². The number of amides is 4. The number of aromatic hydroxyl groups is 1. The van der Waals surface area contributed by atoms with Gasteiger partial charge in [-0.1, -0.05) is 23.8 Å². The van der Waals surface area contributed by atoms with Crippen LogP contribution in [0.3, 0.4) is 0 Å². The average Bonchev–Trinajstić information content (AvgIpc) is 3.70. The smallest absolute Gasteiger partial charge is 0.238 e. The molecule has 2 aliphatic heterocycles. The zero-order chi connectivity index (χ0) is 44.1. The molecule has 0 radical (unpaired) electrons. The van der Waals surface area contributed by atoms with Crippen LogP contribution in [0.2, 0.25) is 0 Å². The van der Waals surface area contributed by atoms with E-state index in [2.05, 4.69) is 20.5 Å². The third kappa shape index (κ3) is 7.30. The molecule has 1 saturated carbocycles. The summed E-state index contributed by atoms with van der Waals surface area (Å²) in [5.74, 6) is -5.90. The molecule has 4 amide bonds. The number of phenols is 1. The van der Waals surface area contributed by atoms with Crippen LogP contribution in [0.1, 0.15) is 24.3 Å². The van der Waals surface area contributed by atoms with Gasteiger partial charge in [-0.3, -0.25) is 29.0 Å². The minimum atomic E-state index is -0.880. The van der Waals surface area contributed by atoms with Crippen LogP contribution in [-0.2, 0) is 19.2 Å². The number of carbonyl (C=O) groups excluding carboxylic acids is 4. The summed E-state index contributed by atoms with van der Waals surface area (Å²) < 4.78 is 5.49. The molecule has 6 atom stereocenters. The second-order valence-corrected chi connectivity index (χ2v) is 16.7. The lowest BCUT2D eigenvalue weighted by molar-refractivity contribution is -0.126. The molecule has 0 bridgehead atoms. The number of azo groups is 2. The number of methoxy groups -OCH3 is 1. The Morgan fingerprint density at radius 3 is 1.46 bits per heavy atom. The normalized spacial score (nSPS) is 23.0. The van der Waals surface area contributed by atoms with Gasteiger partial charge in [-0.2, -0.15) is 20.5 Å². The molecular formula is C49H46N8O6. The Kier molecular flexibility index (Phi) is 10.7. The van der Waals surface area contributed by atoms with Crippen molar-refractivity contribution in [3.63, 3.8) is 0 Å². The summed E-state index contributed by atoms with van der Waals surface area (Å²) in [4.78, 5) is 64.5. The topological polar surface area (TPSA) is 160 Å². The van der Waals surface area contributed by atoms with Crippen molar-refractivity contribution < 1.29 is 29.0 Å². The standard InChI is InChI=1S/C49H46N8O6/c1-54(2)32-17-9-28(10-18-32)50-52-30-13-21-34(22-14-30)56-46(59)38-26-25-36-39(43(38)48(56)61)27-40-44(42(36)37-7-6-8-41(63-5)45(37)58)49(62)57(47(40)60)35-23-15-31(16-24-35)53-51-29-11-19-33(20-12-29)55(3)4/h6-25,38-40,42-44,58H,26-27H2,1-5H3. The summed E-state index contributed by atoms with van der Waals surface area (Å²) in [5.41, 5.74) is 6.48. The highest BCUT2D eigenvalue weighted by Crippen LogP contribution is 2.60. The van der Waals surface area contributed by atoms with Crippen molar-refractivity contribution in [3.8, 4) is 11.5 Å². The van der Waals surface area contributed by atoms with Crippen LogP contribution in [-0.4, -0.2) is 64.0 Å². The predicted molar refractivity (Wildman–Crippen MR) is 240 cm³/mol. The van der Waals surface area contributed by atoms with Crippen LogP contribution in [0.4, 0.5) is 45.5 Å². The van der Waals surface area contributed by atoms with E-state index in [-0.39, 0.29) is 36.2 Å². The number of hydrogen-bond acceptors (Lipinski definition) is 12. The molecule has 14 nitrogen and oxygen atoms in total. The number of benzene rings is 5. The number of anilines is 4. The number of hydrogen-bond donors (Lipinski definition) is 1. The Morgan fingerprint density at radius 1 is 0.556 bits per heavy atom. The van der Waals surface area contributed by atoms with E-state index in [9.17, 15) is 24.3 Å². The number of nitrogens with zero attached hydrogens (tertiary/aromatic N) is 8. The molecule has 4 aliphatic rings. The van der Waals surface area contributed by atoms with E-state index in [0.29, 0.717) is 39.7 Å².